The molecule has 1 saturated carbocycles. The lowest BCUT2D eigenvalue weighted by Crippen LogP contribution is -2.54. The number of Topliss-reactive ketones (excluding diaryl/α,β-unsaturated/α-hetero) is 1. The maximum absolute atomic E-state index is 13.9. The van der Waals surface area contributed by atoms with Crippen LogP contribution in [-0.2, 0) is 28.7 Å². The fraction of sp³-hybridized carbons (Fsp3) is 0.708. The number of ketones is 2. The molecular formula is C24H32F4N4O6. The molecule has 0 aromatic rings. The highest BCUT2D eigenvalue weighted by Gasteiger charge is 2.50. The number of allylic oxidation sites excluding steroid dienone is 1. The van der Waals surface area contributed by atoms with Gasteiger partial charge in [-0.2, -0.15) is 0 Å². The van der Waals surface area contributed by atoms with E-state index < -0.39 is 65.7 Å². The Kier molecular flexibility index (Phi) is 8.84. The average molecular weight is 549 g/mol. The summed E-state index contributed by atoms with van der Waals surface area (Å²) < 4.78 is 55.2. The number of likely N-dealkylation sites (tertiary alicyclic amines) is 1. The zero-order valence-corrected chi connectivity index (χ0v) is 21.1. The number of fused-ring (bicyclic) bond motifs is 1. The van der Waals surface area contributed by atoms with Gasteiger partial charge in [-0.25, -0.2) is 4.39 Å². The molecule has 0 bridgehead atoms. The second kappa shape index (κ2) is 11.4. The number of halogens is 4. The fourth-order valence-corrected chi connectivity index (χ4v) is 5.33. The highest BCUT2D eigenvalue weighted by atomic mass is 19.4. The van der Waals surface area contributed by atoms with Crippen LogP contribution in [0.1, 0.15) is 46.0 Å². The summed E-state index contributed by atoms with van der Waals surface area (Å²) >= 11 is 0. The SMILES string of the molecule is CC(C)(F)C(=O)C=C(N)C(=O)N1C[C@@H]2CCC[C@@H]2[C@H]1C(=O)N[C@@H](C[C@@H]1CCNC1=O)C(=O)COC(F)(F)F. The molecule has 2 aliphatic heterocycles. The van der Waals surface area contributed by atoms with Gasteiger partial charge < -0.3 is 21.3 Å². The monoisotopic (exact) mass is 548 g/mol. The Morgan fingerprint density at radius 3 is 2.45 bits per heavy atom. The molecule has 2 heterocycles. The van der Waals surface area contributed by atoms with Crippen LogP contribution in [-0.4, -0.2) is 78.0 Å². The largest absolute Gasteiger partial charge is 0.522 e. The molecule has 2 saturated heterocycles. The minimum Gasteiger partial charge on any atom is -0.394 e. The third kappa shape index (κ3) is 7.08. The van der Waals surface area contributed by atoms with Gasteiger partial charge in [0.15, 0.2) is 17.2 Å². The van der Waals surface area contributed by atoms with E-state index in [9.17, 15) is 41.5 Å². The predicted octanol–water partition coefficient (Wildman–Crippen LogP) is 0.890. The molecule has 212 valence electrons. The molecule has 0 aromatic carbocycles. The molecule has 0 spiro atoms. The summed E-state index contributed by atoms with van der Waals surface area (Å²) in [5, 5.41) is 5.01. The first-order valence-corrected chi connectivity index (χ1v) is 12.4. The Balaban J connectivity index is 1.82. The molecule has 38 heavy (non-hydrogen) atoms. The quantitative estimate of drug-likeness (QED) is 0.271. The van der Waals surface area contributed by atoms with Crippen LogP contribution in [0.15, 0.2) is 11.8 Å². The van der Waals surface area contributed by atoms with E-state index in [0.717, 1.165) is 25.2 Å². The van der Waals surface area contributed by atoms with Crippen molar-refractivity contribution in [3.63, 3.8) is 0 Å². The molecule has 0 aromatic heterocycles. The summed E-state index contributed by atoms with van der Waals surface area (Å²) in [6, 6.07) is -2.59. The summed E-state index contributed by atoms with van der Waals surface area (Å²) in [6.45, 7) is 1.10. The van der Waals surface area contributed by atoms with E-state index in [0.29, 0.717) is 31.9 Å². The molecular weight excluding hydrogens is 516 g/mol. The van der Waals surface area contributed by atoms with E-state index in [1.165, 1.54) is 0 Å². The Labute approximate surface area is 216 Å². The number of carbonyl (C=O) groups is 5. The Bertz CT molecular complexity index is 1010. The molecule has 3 rings (SSSR count). The van der Waals surface area contributed by atoms with Crippen LogP contribution in [0.2, 0.25) is 0 Å². The second-order valence-corrected chi connectivity index (χ2v) is 10.5. The maximum atomic E-state index is 13.9. The lowest BCUT2D eigenvalue weighted by Gasteiger charge is -2.29. The molecule has 10 nitrogen and oxygen atoms in total. The van der Waals surface area contributed by atoms with Crippen molar-refractivity contribution in [2.75, 3.05) is 19.7 Å². The van der Waals surface area contributed by atoms with E-state index in [1.807, 2.05) is 0 Å². The highest BCUT2D eigenvalue weighted by molar-refractivity contribution is 6.05. The van der Waals surface area contributed by atoms with Gasteiger partial charge in [-0.3, -0.25) is 28.7 Å². The molecule has 1 aliphatic carbocycles. The highest BCUT2D eigenvalue weighted by Crippen LogP contribution is 2.42. The number of amides is 3. The Hall–Kier alpha value is -3.03. The minimum atomic E-state index is -5.07. The van der Waals surface area contributed by atoms with Crippen LogP contribution in [0.3, 0.4) is 0 Å². The first-order chi connectivity index (χ1) is 17.6. The average Bonchev–Trinajstić information content (AvgIpc) is 3.51. The number of nitrogens with zero attached hydrogens (tertiary/aromatic N) is 1. The summed E-state index contributed by atoms with van der Waals surface area (Å²) in [6.07, 6.45) is -2.24. The molecule has 4 N–H and O–H groups in total. The van der Waals surface area contributed by atoms with Gasteiger partial charge in [0.2, 0.25) is 11.8 Å². The van der Waals surface area contributed by atoms with Crippen molar-refractivity contribution in [1.29, 1.82) is 0 Å². The van der Waals surface area contributed by atoms with E-state index >= 15 is 0 Å². The van der Waals surface area contributed by atoms with Crippen molar-refractivity contribution >= 4 is 29.3 Å². The van der Waals surface area contributed by atoms with Gasteiger partial charge in [-0.05, 0) is 51.4 Å². The lowest BCUT2D eigenvalue weighted by molar-refractivity contribution is -0.321. The van der Waals surface area contributed by atoms with Gasteiger partial charge in [0.25, 0.3) is 5.91 Å². The summed E-state index contributed by atoms with van der Waals surface area (Å²) in [5.74, 6) is -5.24. The third-order valence-corrected chi connectivity index (χ3v) is 7.31. The number of nitrogens with two attached hydrogens (primary N) is 1. The second-order valence-electron chi connectivity index (χ2n) is 10.5. The predicted molar refractivity (Wildman–Crippen MR) is 123 cm³/mol. The number of hydrogen-bond acceptors (Lipinski definition) is 7. The molecule has 14 heteroatoms. The number of rotatable bonds is 10. The fourth-order valence-electron chi connectivity index (χ4n) is 5.33. The van der Waals surface area contributed by atoms with E-state index in [-0.39, 0.29) is 30.7 Å². The van der Waals surface area contributed by atoms with Crippen LogP contribution in [0, 0.1) is 17.8 Å². The number of alkyl halides is 4. The Morgan fingerprint density at radius 1 is 1.18 bits per heavy atom. The van der Waals surface area contributed by atoms with Crippen molar-refractivity contribution in [3.8, 4) is 0 Å². The van der Waals surface area contributed by atoms with Crippen LogP contribution in [0.4, 0.5) is 17.6 Å². The Morgan fingerprint density at radius 2 is 1.87 bits per heavy atom. The number of nitrogens with one attached hydrogen (secondary N) is 2. The molecule has 3 amide bonds. The maximum Gasteiger partial charge on any atom is 0.522 e. The lowest BCUT2D eigenvalue weighted by atomic mass is 9.92. The molecule has 0 radical (unpaired) electrons. The number of ether oxygens (including phenoxy) is 1. The first kappa shape index (κ1) is 29.5. The van der Waals surface area contributed by atoms with Gasteiger partial charge in [-0.15, -0.1) is 13.2 Å². The van der Waals surface area contributed by atoms with Gasteiger partial charge in [-0.1, -0.05) is 6.42 Å². The smallest absolute Gasteiger partial charge is 0.394 e. The van der Waals surface area contributed by atoms with Gasteiger partial charge in [0, 0.05) is 25.1 Å². The van der Waals surface area contributed by atoms with E-state index in [1.54, 1.807) is 0 Å². The zero-order valence-electron chi connectivity index (χ0n) is 21.1. The molecule has 5 atom stereocenters. The molecule has 3 fully saturated rings. The summed E-state index contributed by atoms with van der Waals surface area (Å²) in [4.78, 5) is 64.4. The van der Waals surface area contributed by atoms with Crippen molar-refractivity contribution in [1.82, 2.24) is 15.5 Å². The standard InChI is InChI=1S/C24H32F4N4O6/c1-23(2,25)18(34)9-15(29)22(37)32-10-13-4-3-5-14(13)19(32)21(36)31-16(8-12-6-7-30-20(12)35)17(33)11-38-24(26,27)28/h9,12-14,16,19H,3-8,10-11,29H2,1-2H3,(H,30,35)(H,31,36)/t12-,13-,14-,16-,19-/m0/s1. The van der Waals surface area contributed by atoms with Crippen LogP contribution in [0.25, 0.3) is 0 Å². The topological polar surface area (TPSA) is 148 Å². The first-order valence-electron chi connectivity index (χ1n) is 12.4. The van der Waals surface area contributed by atoms with Crippen LogP contribution in [0.5, 0.6) is 0 Å². The van der Waals surface area contributed by atoms with Gasteiger partial charge in [0.05, 0.1) is 6.04 Å². The minimum absolute atomic E-state index is 0.0702. The van der Waals surface area contributed by atoms with Crippen LogP contribution < -0.4 is 16.4 Å². The number of hydrogen-bond donors (Lipinski definition) is 3. The molecule has 0 unspecified atom stereocenters. The van der Waals surface area contributed by atoms with Crippen molar-refractivity contribution in [2.45, 2.75) is 70.1 Å². The normalized spacial score (nSPS) is 26.6. The molecule has 3 aliphatic rings. The van der Waals surface area contributed by atoms with Crippen molar-refractivity contribution in [2.24, 2.45) is 23.5 Å². The van der Waals surface area contributed by atoms with Crippen molar-refractivity contribution in [3.05, 3.63) is 11.8 Å². The van der Waals surface area contributed by atoms with E-state index in [2.05, 4.69) is 15.4 Å². The van der Waals surface area contributed by atoms with E-state index in [4.69, 9.17) is 5.73 Å². The van der Waals surface area contributed by atoms with Gasteiger partial charge in [0.1, 0.15) is 18.3 Å². The summed E-state index contributed by atoms with van der Waals surface area (Å²) in [7, 11) is 0. The summed E-state index contributed by atoms with van der Waals surface area (Å²) in [5.41, 5.74) is 2.95. The van der Waals surface area contributed by atoms with Gasteiger partial charge >= 0.3 is 6.36 Å². The van der Waals surface area contributed by atoms with Crippen LogP contribution >= 0.6 is 0 Å². The number of carbonyl (C=O) groups excluding carboxylic acids is 5. The van der Waals surface area contributed by atoms with Crippen molar-refractivity contribution < 1.29 is 46.3 Å². The third-order valence-electron chi connectivity index (χ3n) is 7.31. The zero-order chi connectivity index (χ0) is 28.4.